The summed E-state index contributed by atoms with van der Waals surface area (Å²) in [6, 6.07) is 11.8. The molecule has 1 saturated heterocycles. The van der Waals surface area contributed by atoms with Gasteiger partial charge in [0.2, 0.25) is 0 Å². The van der Waals surface area contributed by atoms with Gasteiger partial charge in [-0.05, 0) is 30.7 Å². The lowest BCUT2D eigenvalue weighted by Crippen LogP contribution is -2.43. The SMILES string of the molecule is Cc1c(C(=O)NCC(c2ccc(F)cc2)N2CCOCC2)oc2c(Cl)cccc12. The van der Waals surface area contributed by atoms with Gasteiger partial charge in [0, 0.05) is 30.6 Å². The van der Waals surface area contributed by atoms with E-state index < -0.39 is 0 Å². The maximum atomic E-state index is 13.4. The number of rotatable bonds is 5. The van der Waals surface area contributed by atoms with Gasteiger partial charge in [0.15, 0.2) is 11.3 Å². The molecule has 0 radical (unpaired) electrons. The number of benzene rings is 2. The number of carbonyl (C=O) groups excluding carboxylic acids is 1. The molecule has 1 amide bonds. The molecule has 0 spiro atoms. The van der Waals surface area contributed by atoms with Crippen LogP contribution in [0.15, 0.2) is 46.9 Å². The molecule has 1 aliphatic rings. The van der Waals surface area contributed by atoms with E-state index in [1.54, 1.807) is 18.2 Å². The molecule has 4 rings (SSSR count). The Morgan fingerprint density at radius 1 is 1.21 bits per heavy atom. The number of halogens is 2. The monoisotopic (exact) mass is 416 g/mol. The minimum atomic E-state index is -0.296. The van der Waals surface area contributed by atoms with Crippen LogP contribution >= 0.6 is 11.6 Å². The van der Waals surface area contributed by atoms with Gasteiger partial charge in [0.1, 0.15) is 5.82 Å². The molecule has 0 bridgehead atoms. The molecule has 29 heavy (non-hydrogen) atoms. The molecule has 3 aromatic rings. The van der Waals surface area contributed by atoms with Crippen LogP contribution < -0.4 is 5.32 Å². The van der Waals surface area contributed by atoms with Crippen molar-refractivity contribution in [1.29, 1.82) is 0 Å². The normalized spacial score (nSPS) is 16.1. The highest BCUT2D eigenvalue weighted by molar-refractivity contribution is 6.35. The number of furan rings is 1. The standard InChI is InChI=1S/C22H22ClFN2O3/c1-14-17-3-2-4-18(23)21(17)29-20(14)22(27)25-13-19(26-9-11-28-12-10-26)15-5-7-16(24)8-6-15/h2-8,19H,9-13H2,1H3,(H,25,27). The first kappa shape index (κ1) is 19.9. The second kappa shape index (κ2) is 8.53. The third kappa shape index (κ3) is 4.15. The number of ether oxygens (including phenoxy) is 1. The van der Waals surface area contributed by atoms with Gasteiger partial charge in [-0.3, -0.25) is 9.69 Å². The summed E-state index contributed by atoms with van der Waals surface area (Å²) in [4.78, 5) is 15.1. The van der Waals surface area contributed by atoms with E-state index in [-0.39, 0.29) is 23.5 Å². The Labute approximate surface area is 173 Å². The fourth-order valence-corrected chi connectivity index (χ4v) is 3.94. The van der Waals surface area contributed by atoms with E-state index in [2.05, 4.69) is 10.2 Å². The van der Waals surface area contributed by atoms with Gasteiger partial charge >= 0.3 is 0 Å². The van der Waals surface area contributed by atoms with Crippen molar-refractivity contribution in [1.82, 2.24) is 10.2 Å². The van der Waals surface area contributed by atoms with Crippen LogP contribution in [-0.4, -0.2) is 43.7 Å². The largest absolute Gasteiger partial charge is 0.449 e. The Hall–Kier alpha value is -2.41. The first-order chi connectivity index (χ1) is 14.0. The maximum Gasteiger partial charge on any atom is 0.287 e. The van der Waals surface area contributed by atoms with Gasteiger partial charge in [-0.1, -0.05) is 35.9 Å². The van der Waals surface area contributed by atoms with Gasteiger partial charge in [-0.2, -0.15) is 0 Å². The highest BCUT2D eigenvalue weighted by Gasteiger charge is 2.25. The van der Waals surface area contributed by atoms with Crippen LogP contribution in [0, 0.1) is 12.7 Å². The Morgan fingerprint density at radius 2 is 1.93 bits per heavy atom. The smallest absolute Gasteiger partial charge is 0.287 e. The Bertz CT molecular complexity index is 1010. The highest BCUT2D eigenvalue weighted by Crippen LogP contribution is 2.31. The lowest BCUT2D eigenvalue weighted by Gasteiger charge is -2.34. The lowest BCUT2D eigenvalue weighted by atomic mass is 10.0. The lowest BCUT2D eigenvalue weighted by molar-refractivity contribution is 0.0161. The van der Waals surface area contributed by atoms with E-state index in [1.165, 1.54) is 12.1 Å². The molecule has 7 heteroatoms. The molecule has 1 N–H and O–H groups in total. The first-order valence-corrected chi connectivity index (χ1v) is 9.95. The van der Waals surface area contributed by atoms with Crippen LogP contribution in [0.2, 0.25) is 5.02 Å². The summed E-state index contributed by atoms with van der Waals surface area (Å²) >= 11 is 6.19. The molecule has 1 fully saturated rings. The number of hydrogen-bond donors (Lipinski definition) is 1. The van der Waals surface area contributed by atoms with E-state index in [0.29, 0.717) is 30.4 Å². The average molecular weight is 417 g/mol. The van der Waals surface area contributed by atoms with Gasteiger partial charge in [-0.15, -0.1) is 0 Å². The fourth-order valence-electron chi connectivity index (χ4n) is 3.73. The molecular formula is C22H22ClFN2O3. The number of carbonyl (C=O) groups is 1. The number of nitrogens with zero attached hydrogens (tertiary/aromatic N) is 1. The van der Waals surface area contributed by atoms with Gasteiger partial charge < -0.3 is 14.5 Å². The number of aryl methyl sites for hydroxylation is 1. The van der Waals surface area contributed by atoms with Gasteiger partial charge in [-0.25, -0.2) is 4.39 Å². The molecular weight excluding hydrogens is 395 g/mol. The number of hydrogen-bond acceptors (Lipinski definition) is 4. The Morgan fingerprint density at radius 3 is 2.62 bits per heavy atom. The molecule has 0 saturated carbocycles. The third-order valence-corrected chi connectivity index (χ3v) is 5.62. The number of fused-ring (bicyclic) bond motifs is 1. The van der Waals surface area contributed by atoms with Crippen molar-refractivity contribution < 1.29 is 18.3 Å². The van der Waals surface area contributed by atoms with Crippen molar-refractivity contribution in [2.45, 2.75) is 13.0 Å². The molecule has 2 aromatic carbocycles. The second-order valence-electron chi connectivity index (χ2n) is 7.10. The summed E-state index contributed by atoms with van der Waals surface area (Å²) < 4.78 is 24.6. The quantitative estimate of drug-likeness (QED) is 0.672. The van der Waals surface area contributed by atoms with Crippen LogP contribution in [0.25, 0.3) is 11.0 Å². The Balaban J connectivity index is 1.55. The predicted octanol–water partition coefficient (Wildman–Crippen LogP) is 4.34. The van der Waals surface area contributed by atoms with Crippen molar-refractivity contribution in [2.24, 2.45) is 0 Å². The minimum absolute atomic E-state index is 0.0864. The van der Waals surface area contributed by atoms with Crippen LogP contribution in [0.4, 0.5) is 4.39 Å². The third-order valence-electron chi connectivity index (χ3n) is 5.32. The van der Waals surface area contributed by atoms with Crippen molar-refractivity contribution in [3.63, 3.8) is 0 Å². The van der Waals surface area contributed by atoms with E-state index >= 15 is 0 Å². The maximum absolute atomic E-state index is 13.4. The topological polar surface area (TPSA) is 54.7 Å². The first-order valence-electron chi connectivity index (χ1n) is 9.57. The van der Waals surface area contributed by atoms with E-state index in [4.69, 9.17) is 20.8 Å². The molecule has 152 valence electrons. The number of morpholine rings is 1. The average Bonchev–Trinajstić information content (AvgIpc) is 3.08. The van der Waals surface area contributed by atoms with Crippen LogP contribution in [0.3, 0.4) is 0 Å². The summed E-state index contributed by atoms with van der Waals surface area (Å²) in [7, 11) is 0. The summed E-state index contributed by atoms with van der Waals surface area (Å²) in [6.07, 6.45) is 0. The summed E-state index contributed by atoms with van der Waals surface area (Å²) in [5.41, 5.74) is 2.21. The molecule has 2 heterocycles. The van der Waals surface area contributed by atoms with Crippen molar-refractivity contribution in [3.8, 4) is 0 Å². The molecule has 5 nitrogen and oxygen atoms in total. The molecule has 0 aliphatic carbocycles. The molecule has 1 aromatic heterocycles. The summed E-state index contributed by atoms with van der Waals surface area (Å²) in [6.45, 7) is 4.97. The second-order valence-corrected chi connectivity index (χ2v) is 7.51. The van der Waals surface area contributed by atoms with Gasteiger partial charge in [0.25, 0.3) is 5.91 Å². The van der Waals surface area contributed by atoms with E-state index in [1.807, 2.05) is 19.1 Å². The zero-order valence-electron chi connectivity index (χ0n) is 16.1. The van der Waals surface area contributed by atoms with Crippen LogP contribution in [0.5, 0.6) is 0 Å². The number of nitrogens with one attached hydrogen (secondary N) is 1. The molecule has 1 atom stereocenters. The predicted molar refractivity (Wildman–Crippen MR) is 110 cm³/mol. The van der Waals surface area contributed by atoms with Crippen molar-refractivity contribution in [3.05, 3.63) is 70.2 Å². The van der Waals surface area contributed by atoms with E-state index in [9.17, 15) is 9.18 Å². The fraction of sp³-hybridized carbons (Fsp3) is 0.318. The summed E-state index contributed by atoms with van der Waals surface area (Å²) in [5.74, 6) is -0.323. The molecule has 1 aliphatic heterocycles. The Kier molecular flexibility index (Phi) is 5.85. The van der Waals surface area contributed by atoms with Crippen molar-refractivity contribution >= 4 is 28.5 Å². The van der Waals surface area contributed by atoms with Gasteiger partial charge in [0.05, 0.1) is 24.3 Å². The van der Waals surface area contributed by atoms with Crippen LogP contribution in [-0.2, 0) is 4.74 Å². The zero-order chi connectivity index (χ0) is 20.4. The summed E-state index contributed by atoms with van der Waals surface area (Å²) in [5, 5.41) is 4.28. The van der Waals surface area contributed by atoms with Crippen molar-refractivity contribution in [2.75, 3.05) is 32.8 Å². The highest BCUT2D eigenvalue weighted by atomic mass is 35.5. The van der Waals surface area contributed by atoms with E-state index in [0.717, 1.165) is 29.6 Å². The number of para-hydroxylation sites is 1. The number of amides is 1. The zero-order valence-corrected chi connectivity index (χ0v) is 16.8. The van der Waals surface area contributed by atoms with Crippen LogP contribution in [0.1, 0.15) is 27.7 Å². The minimum Gasteiger partial charge on any atom is -0.449 e. The molecule has 1 unspecified atom stereocenters.